The van der Waals surface area contributed by atoms with Crippen LogP contribution in [-0.4, -0.2) is 51.7 Å². The molecule has 0 bridgehead atoms. The number of phenols is 1. The SMILES string of the molecule is Nc1ncnc2c1ncn2[C@H]1CC[C@@H](COS(=O)(=O)NC(=O)c2ccccc2O)O1. The van der Waals surface area contributed by atoms with Crippen molar-refractivity contribution in [1.82, 2.24) is 24.2 Å². The number of amides is 1. The number of aromatic hydroxyl groups is 1. The fraction of sp³-hybridized carbons (Fsp3) is 0.294. The second-order valence-electron chi connectivity index (χ2n) is 6.56. The Labute approximate surface area is 170 Å². The molecule has 0 aliphatic carbocycles. The summed E-state index contributed by atoms with van der Waals surface area (Å²) in [5.41, 5.74) is 6.56. The van der Waals surface area contributed by atoms with Gasteiger partial charge in [-0.05, 0) is 25.0 Å². The van der Waals surface area contributed by atoms with Gasteiger partial charge in [-0.25, -0.2) is 19.7 Å². The summed E-state index contributed by atoms with van der Waals surface area (Å²) in [6.07, 6.45) is 3.01. The number of ether oxygens (including phenoxy) is 1. The molecule has 0 saturated carbocycles. The molecule has 3 heterocycles. The number of nitrogens with two attached hydrogens (primary N) is 1. The van der Waals surface area contributed by atoms with Crippen LogP contribution in [0.25, 0.3) is 11.2 Å². The number of carbonyl (C=O) groups excluding carboxylic acids is 1. The standard InChI is InChI=1S/C17H18N6O6S/c18-15-14-16(20-8-19-15)23(9-21-14)13-6-5-10(29-13)7-28-30(26,27)22-17(25)11-3-1-2-4-12(11)24/h1-4,8-10,13,24H,5-7H2,(H,22,25)(H2,18,19,20)/t10-,13+/m0/s1. The van der Waals surface area contributed by atoms with E-state index in [0.717, 1.165) is 0 Å². The van der Waals surface area contributed by atoms with Crippen LogP contribution in [0.3, 0.4) is 0 Å². The highest BCUT2D eigenvalue weighted by Gasteiger charge is 2.30. The number of nitrogens with zero attached hydrogens (tertiary/aromatic N) is 4. The number of nitrogens with one attached hydrogen (secondary N) is 1. The average Bonchev–Trinajstić information content (AvgIpc) is 3.34. The van der Waals surface area contributed by atoms with E-state index in [2.05, 4.69) is 15.0 Å². The Morgan fingerprint density at radius 1 is 1.30 bits per heavy atom. The largest absolute Gasteiger partial charge is 0.507 e. The minimum Gasteiger partial charge on any atom is -0.507 e. The van der Waals surface area contributed by atoms with Gasteiger partial charge in [0.25, 0.3) is 5.91 Å². The van der Waals surface area contributed by atoms with E-state index < -0.39 is 28.5 Å². The summed E-state index contributed by atoms with van der Waals surface area (Å²) in [4.78, 5) is 24.3. The van der Waals surface area contributed by atoms with Gasteiger partial charge in [0.1, 0.15) is 23.8 Å². The van der Waals surface area contributed by atoms with Crippen molar-refractivity contribution in [2.75, 3.05) is 12.3 Å². The molecule has 12 nitrogen and oxygen atoms in total. The highest BCUT2D eigenvalue weighted by atomic mass is 32.2. The molecule has 3 aromatic rings. The summed E-state index contributed by atoms with van der Waals surface area (Å²) < 4.78 is 38.3. The molecule has 30 heavy (non-hydrogen) atoms. The van der Waals surface area contributed by atoms with Gasteiger partial charge in [0.2, 0.25) is 0 Å². The van der Waals surface area contributed by atoms with E-state index in [1.54, 1.807) is 9.29 Å². The molecule has 0 unspecified atom stereocenters. The summed E-state index contributed by atoms with van der Waals surface area (Å²) in [5.74, 6) is -1.09. The Kier molecular flexibility index (Phi) is 5.24. The Morgan fingerprint density at radius 2 is 2.10 bits per heavy atom. The summed E-state index contributed by atoms with van der Waals surface area (Å²) in [6, 6.07) is 5.56. The third kappa shape index (κ3) is 4.03. The lowest BCUT2D eigenvalue weighted by Crippen LogP contribution is -2.34. The quantitative estimate of drug-likeness (QED) is 0.495. The molecule has 1 saturated heterocycles. The van der Waals surface area contributed by atoms with Gasteiger partial charge in [0, 0.05) is 0 Å². The molecule has 0 radical (unpaired) electrons. The van der Waals surface area contributed by atoms with E-state index in [0.29, 0.717) is 24.0 Å². The number of rotatable bonds is 6. The smallest absolute Gasteiger partial charge is 0.362 e. The maximum atomic E-state index is 12.1. The Bertz CT molecular complexity index is 1200. The lowest BCUT2D eigenvalue weighted by Gasteiger charge is -2.15. The van der Waals surface area contributed by atoms with Crippen LogP contribution in [0.5, 0.6) is 5.75 Å². The van der Waals surface area contributed by atoms with Gasteiger partial charge < -0.3 is 15.6 Å². The van der Waals surface area contributed by atoms with E-state index in [1.165, 1.54) is 36.9 Å². The number of para-hydroxylation sites is 1. The fourth-order valence-electron chi connectivity index (χ4n) is 3.12. The zero-order chi connectivity index (χ0) is 21.3. The maximum absolute atomic E-state index is 12.1. The molecule has 4 rings (SSSR count). The molecule has 13 heteroatoms. The molecule has 2 atom stereocenters. The van der Waals surface area contributed by atoms with Gasteiger partial charge in [-0.2, -0.15) is 8.42 Å². The number of imidazole rings is 1. The third-order valence-corrected chi connectivity index (χ3v) is 5.44. The fourth-order valence-corrected chi connectivity index (χ4v) is 3.85. The molecule has 1 aromatic carbocycles. The summed E-state index contributed by atoms with van der Waals surface area (Å²) in [6.45, 7) is -0.288. The average molecular weight is 434 g/mol. The van der Waals surface area contributed by atoms with E-state index in [-0.39, 0.29) is 23.7 Å². The first-order chi connectivity index (χ1) is 14.3. The van der Waals surface area contributed by atoms with E-state index in [1.807, 2.05) is 0 Å². The molecule has 1 aliphatic heterocycles. The topological polar surface area (TPSA) is 172 Å². The van der Waals surface area contributed by atoms with E-state index >= 15 is 0 Å². The predicted molar refractivity (Wildman–Crippen MR) is 103 cm³/mol. The number of fused-ring (bicyclic) bond motifs is 1. The lowest BCUT2D eigenvalue weighted by molar-refractivity contribution is -0.0151. The maximum Gasteiger partial charge on any atom is 0.362 e. The number of anilines is 1. The number of phenolic OH excluding ortho intramolecular Hbond substituents is 1. The van der Waals surface area contributed by atoms with Crippen LogP contribution >= 0.6 is 0 Å². The second kappa shape index (κ2) is 7.85. The van der Waals surface area contributed by atoms with Crippen LogP contribution in [0.15, 0.2) is 36.9 Å². The zero-order valence-electron chi connectivity index (χ0n) is 15.5. The number of hydrogen-bond donors (Lipinski definition) is 3. The number of benzene rings is 1. The van der Waals surface area contributed by atoms with Gasteiger partial charge in [0.15, 0.2) is 11.5 Å². The van der Waals surface area contributed by atoms with Crippen molar-refractivity contribution in [3.8, 4) is 5.75 Å². The minimum absolute atomic E-state index is 0.185. The molecule has 0 spiro atoms. The molecule has 1 aliphatic rings. The van der Waals surface area contributed by atoms with Crippen LogP contribution in [0, 0.1) is 0 Å². The van der Waals surface area contributed by atoms with Crippen molar-refractivity contribution in [3.05, 3.63) is 42.5 Å². The monoisotopic (exact) mass is 434 g/mol. The number of nitrogen functional groups attached to an aromatic ring is 1. The summed E-state index contributed by atoms with van der Waals surface area (Å²) in [5, 5.41) is 9.65. The Hall–Kier alpha value is -3.29. The number of carbonyl (C=O) groups is 1. The third-order valence-electron chi connectivity index (χ3n) is 4.56. The zero-order valence-corrected chi connectivity index (χ0v) is 16.3. The summed E-state index contributed by atoms with van der Waals surface area (Å²) in [7, 11) is -4.39. The molecule has 2 aromatic heterocycles. The number of hydrogen-bond acceptors (Lipinski definition) is 10. The van der Waals surface area contributed by atoms with Gasteiger partial charge in [0.05, 0.1) is 24.6 Å². The molecular weight excluding hydrogens is 416 g/mol. The van der Waals surface area contributed by atoms with E-state index in [4.69, 9.17) is 14.7 Å². The normalized spacial score (nSPS) is 19.2. The second-order valence-corrected chi connectivity index (χ2v) is 7.91. The molecule has 158 valence electrons. The molecule has 4 N–H and O–H groups in total. The first-order valence-electron chi connectivity index (χ1n) is 8.92. The minimum atomic E-state index is -4.39. The van der Waals surface area contributed by atoms with Gasteiger partial charge in [-0.3, -0.25) is 13.5 Å². The predicted octanol–water partition coefficient (Wildman–Crippen LogP) is 0.483. The van der Waals surface area contributed by atoms with Crippen molar-refractivity contribution in [1.29, 1.82) is 0 Å². The molecule has 1 fully saturated rings. The van der Waals surface area contributed by atoms with Crippen LogP contribution in [0.4, 0.5) is 5.82 Å². The van der Waals surface area contributed by atoms with Gasteiger partial charge >= 0.3 is 10.3 Å². The number of aromatic nitrogens is 4. The first kappa shape index (κ1) is 20.0. The van der Waals surface area contributed by atoms with Crippen LogP contribution < -0.4 is 10.5 Å². The van der Waals surface area contributed by atoms with Crippen molar-refractivity contribution in [3.63, 3.8) is 0 Å². The molecule has 1 amide bonds. The summed E-state index contributed by atoms with van der Waals surface area (Å²) >= 11 is 0. The lowest BCUT2D eigenvalue weighted by atomic mass is 10.2. The van der Waals surface area contributed by atoms with Crippen LogP contribution in [-0.2, 0) is 19.2 Å². The van der Waals surface area contributed by atoms with Crippen molar-refractivity contribution < 1.29 is 27.2 Å². The first-order valence-corrected chi connectivity index (χ1v) is 10.3. The van der Waals surface area contributed by atoms with Crippen molar-refractivity contribution >= 4 is 33.2 Å². The highest BCUT2D eigenvalue weighted by molar-refractivity contribution is 7.85. The molecular formula is C17H18N6O6S. The van der Waals surface area contributed by atoms with E-state index in [9.17, 15) is 18.3 Å². The van der Waals surface area contributed by atoms with Gasteiger partial charge in [-0.15, -0.1) is 0 Å². The van der Waals surface area contributed by atoms with Gasteiger partial charge in [-0.1, -0.05) is 12.1 Å². The van der Waals surface area contributed by atoms with Crippen LogP contribution in [0.2, 0.25) is 0 Å². The Balaban J connectivity index is 1.36. The van der Waals surface area contributed by atoms with Crippen molar-refractivity contribution in [2.45, 2.75) is 25.2 Å². The van der Waals surface area contributed by atoms with Crippen LogP contribution in [0.1, 0.15) is 29.4 Å². The van der Waals surface area contributed by atoms with Crippen molar-refractivity contribution in [2.24, 2.45) is 0 Å². The Morgan fingerprint density at radius 3 is 2.90 bits per heavy atom. The highest BCUT2D eigenvalue weighted by Crippen LogP contribution is 2.31.